The van der Waals surface area contributed by atoms with E-state index in [1.165, 1.54) is 0 Å². The zero-order valence-corrected chi connectivity index (χ0v) is 13.6. The summed E-state index contributed by atoms with van der Waals surface area (Å²) in [4.78, 5) is 25.4. The standard InChI is InChI=1S/C15H21BrN2O2/c1-18(2)11-10-17-15(20)5-3-4-14(19)12-6-8-13(16)9-7-12/h6-9H,3-5,10-11H2,1-2H3,(H,17,20). The number of carbonyl (C=O) groups excluding carboxylic acids is 2. The highest BCUT2D eigenvalue weighted by Gasteiger charge is 2.07. The molecule has 0 fully saturated rings. The van der Waals surface area contributed by atoms with Gasteiger partial charge in [-0.1, -0.05) is 28.1 Å². The molecule has 0 saturated carbocycles. The molecule has 0 spiro atoms. The van der Waals surface area contributed by atoms with Crippen LogP contribution in [0.4, 0.5) is 0 Å². The van der Waals surface area contributed by atoms with Crippen molar-refractivity contribution in [3.8, 4) is 0 Å². The lowest BCUT2D eigenvalue weighted by Gasteiger charge is -2.10. The van der Waals surface area contributed by atoms with Gasteiger partial charge >= 0.3 is 0 Å². The van der Waals surface area contributed by atoms with Crippen molar-refractivity contribution < 1.29 is 9.59 Å². The van der Waals surface area contributed by atoms with Gasteiger partial charge in [0, 0.05) is 36.0 Å². The molecule has 0 atom stereocenters. The minimum absolute atomic E-state index is 0.00968. The van der Waals surface area contributed by atoms with E-state index < -0.39 is 0 Å². The normalized spacial score (nSPS) is 10.6. The van der Waals surface area contributed by atoms with E-state index in [4.69, 9.17) is 0 Å². The molecular weight excluding hydrogens is 320 g/mol. The molecule has 0 saturated heterocycles. The summed E-state index contributed by atoms with van der Waals surface area (Å²) >= 11 is 3.33. The van der Waals surface area contributed by atoms with Crippen molar-refractivity contribution >= 4 is 27.6 Å². The van der Waals surface area contributed by atoms with Gasteiger partial charge in [-0.25, -0.2) is 0 Å². The first-order valence-corrected chi connectivity index (χ1v) is 7.48. The minimum atomic E-state index is 0.00968. The number of benzene rings is 1. The van der Waals surface area contributed by atoms with Gasteiger partial charge in [-0.15, -0.1) is 0 Å². The van der Waals surface area contributed by atoms with E-state index in [1.807, 2.05) is 31.1 Å². The molecule has 0 bridgehead atoms. The second-order valence-electron chi connectivity index (χ2n) is 4.94. The van der Waals surface area contributed by atoms with Crippen molar-refractivity contribution in [1.29, 1.82) is 0 Å². The number of nitrogens with zero attached hydrogens (tertiary/aromatic N) is 1. The Morgan fingerprint density at radius 1 is 1.15 bits per heavy atom. The molecule has 0 aromatic heterocycles. The molecule has 1 amide bonds. The number of Topliss-reactive ketones (excluding diaryl/α,β-unsaturated/α-hetero) is 1. The number of ketones is 1. The van der Waals surface area contributed by atoms with Gasteiger partial charge < -0.3 is 10.2 Å². The lowest BCUT2D eigenvalue weighted by Crippen LogP contribution is -2.31. The van der Waals surface area contributed by atoms with Gasteiger partial charge in [-0.05, 0) is 32.6 Å². The number of nitrogens with one attached hydrogen (secondary N) is 1. The molecule has 110 valence electrons. The molecule has 0 heterocycles. The molecule has 1 N–H and O–H groups in total. The van der Waals surface area contributed by atoms with E-state index in [1.54, 1.807) is 12.1 Å². The number of hydrogen-bond donors (Lipinski definition) is 1. The van der Waals surface area contributed by atoms with E-state index in [0.29, 0.717) is 31.4 Å². The van der Waals surface area contributed by atoms with Crippen LogP contribution in [0.25, 0.3) is 0 Å². The van der Waals surface area contributed by atoms with Crippen LogP contribution >= 0.6 is 15.9 Å². The smallest absolute Gasteiger partial charge is 0.220 e. The van der Waals surface area contributed by atoms with E-state index in [-0.39, 0.29) is 11.7 Å². The molecule has 4 nitrogen and oxygen atoms in total. The maximum atomic E-state index is 11.9. The Morgan fingerprint density at radius 3 is 2.40 bits per heavy atom. The SMILES string of the molecule is CN(C)CCNC(=O)CCCC(=O)c1ccc(Br)cc1. The van der Waals surface area contributed by atoms with E-state index in [2.05, 4.69) is 21.2 Å². The largest absolute Gasteiger partial charge is 0.355 e. The van der Waals surface area contributed by atoms with Gasteiger partial charge in [0.1, 0.15) is 0 Å². The van der Waals surface area contributed by atoms with E-state index >= 15 is 0 Å². The molecule has 0 aliphatic carbocycles. The molecule has 0 radical (unpaired) electrons. The highest BCUT2D eigenvalue weighted by molar-refractivity contribution is 9.10. The first-order chi connectivity index (χ1) is 9.49. The lowest BCUT2D eigenvalue weighted by atomic mass is 10.1. The molecule has 1 aromatic carbocycles. The fourth-order valence-corrected chi connectivity index (χ4v) is 1.96. The minimum Gasteiger partial charge on any atom is -0.355 e. The van der Waals surface area contributed by atoms with Gasteiger partial charge in [-0.3, -0.25) is 9.59 Å². The number of halogens is 1. The average Bonchev–Trinajstić information content (AvgIpc) is 2.39. The van der Waals surface area contributed by atoms with Crippen LogP contribution in [-0.4, -0.2) is 43.8 Å². The van der Waals surface area contributed by atoms with E-state index in [0.717, 1.165) is 11.0 Å². The van der Waals surface area contributed by atoms with Crippen LogP contribution in [-0.2, 0) is 4.79 Å². The van der Waals surface area contributed by atoms with Crippen molar-refractivity contribution in [2.75, 3.05) is 27.2 Å². The van der Waals surface area contributed by atoms with Gasteiger partial charge in [0.15, 0.2) is 5.78 Å². The van der Waals surface area contributed by atoms with Crippen LogP contribution in [0.1, 0.15) is 29.6 Å². The van der Waals surface area contributed by atoms with Crippen LogP contribution in [0.3, 0.4) is 0 Å². The first kappa shape index (κ1) is 16.9. The Bertz CT molecular complexity index is 444. The van der Waals surface area contributed by atoms with Gasteiger partial charge in [0.2, 0.25) is 5.91 Å². The van der Waals surface area contributed by atoms with Crippen LogP contribution in [0, 0.1) is 0 Å². The van der Waals surface area contributed by atoms with Gasteiger partial charge in [-0.2, -0.15) is 0 Å². The topological polar surface area (TPSA) is 49.4 Å². The van der Waals surface area contributed by atoms with Crippen LogP contribution in [0.15, 0.2) is 28.7 Å². The van der Waals surface area contributed by atoms with Crippen LogP contribution in [0.2, 0.25) is 0 Å². The van der Waals surface area contributed by atoms with Crippen LogP contribution < -0.4 is 5.32 Å². The Hall–Kier alpha value is -1.20. The molecule has 0 unspecified atom stereocenters. The quantitative estimate of drug-likeness (QED) is 0.739. The average molecular weight is 341 g/mol. The summed E-state index contributed by atoms with van der Waals surface area (Å²) in [6.45, 7) is 1.47. The Morgan fingerprint density at radius 2 is 1.80 bits per heavy atom. The maximum Gasteiger partial charge on any atom is 0.220 e. The molecule has 1 rings (SSSR count). The molecule has 20 heavy (non-hydrogen) atoms. The second-order valence-corrected chi connectivity index (χ2v) is 5.85. The first-order valence-electron chi connectivity index (χ1n) is 6.69. The summed E-state index contributed by atoms with van der Waals surface area (Å²) in [5.41, 5.74) is 0.696. The van der Waals surface area contributed by atoms with Gasteiger partial charge in [0.25, 0.3) is 0 Å². The molecule has 5 heteroatoms. The predicted octanol–water partition coefficient (Wildman–Crippen LogP) is 2.48. The number of hydrogen-bond acceptors (Lipinski definition) is 3. The van der Waals surface area contributed by atoms with Crippen molar-refractivity contribution in [2.24, 2.45) is 0 Å². The third-order valence-corrected chi connectivity index (χ3v) is 3.38. The fraction of sp³-hybridized carbons (Fsp3) is 0.467. The number of carbonyl (C=O) groups is 2. The number of amides is 1. The summed E-state index contributed by atoms with van der Waals surface area (Å²) in [5, 5.41) is 2.84. The van der Waals surface area contributed by atoms with Crippen LogP contribution in [0.5, 0.6) is 0 Å². The van der Waals surface area contributed by atoms with Crippen molar-refractivity contribution in [3.63, 3.8) is 0 Å². The summed E-state index contributed by atoms with van der Waals surface area (Å²) in [7, 11) is 3.92. The molecule has 0 aliphatic rings. The van der Waals surface area contributed by atoms with Crippen molar-refractivity contribution in [2.45, 2.75) is 19.3 Å². The zero-order valence-electron chi connectivity index (χ0n) is 12.0. The summed E-state index contributed by atoms with van der Waals surface area (Å²) in [5.74, 6) is 0.0917. The Balaban J connectivity index is 2.21. The highest BCUT2D eigenvalue weighted by Crippen LogP contribution is 2.13. The maximum absolute atomic E-state index is 11.9. The molecule has 1 aromatic rings. The third kappa shape index (κ3) is 6.82. The molecule has 0 aliphatic heterocycles. The number of likely N-dealkylation sites (N-methyl/N-ethyl adjacent to an activating group) is 1. The fourth-order valence-electron chi connectivity index (χ4n) is 1.70. The van der Waals surface area contributed by atoms with E-state index in [9.17, 15) is 9.59 Å². The predicted molar refractivity (Wildman–Crippen MR) is 83.9 cm³/mol. The third-order valence-electron chi connectivity index (χ3n) is 2.86. The van der Waals surface area contributed by atoms with Crippen molar-refractivity contribution in [1.82, 2.24) is 10.2 Å². The van der Waals surface area contributed by atoms with Gasteiger partial charge in [0.05, 0.1) is 0 Å². The summed E-state index contributed by atoms with van der Waals surface area (Å²) in [6.07, 6.45) is 1.39. The number of rotatable bonds is 8. The Kier molecular flexibility index (Phi) is 7.47. The summed E-state index contributed by atoms with van der Waals surface area (Å²) in [6, 6.07) is 7.29. The second kappa shape index (κ2) is 8.87. The highest BCUT2D eigenvalue weighted by atomic mass is 79.9. The van der Waals surface area contributed by atoms with Crippen molar-refractivity contribution in [3.05, 3.63) is 34.3 Å². The monoisotopic (exact) mass is 340 g/mol. The summed E-state index contributed by atoms with van der Waals surface area (Å²) < 4.78 is 0.953. The molecular formula is C15H21BrN2O2. The lowest BCUT2D eigenvalue weighted by molar-refractivity contribution is -0.121. The Labute approximate surface area is 128 Å². The zero-order chi connectivity index (χ0) is 15.0.